The van der Waals surface area contributed by atoms with Crippen LogP contribution in [-0.4, -0.2) is 11.7 Å². The Bertz CT molecular complexity index is 793. The molecule has 1 saturated carbocycles. The smallest absolute Gasteiger partial charge is 0.251 e. The molecule has 0 atom stereocenters. The molecule has 1 fully saturated rings. The van der Waals surface area contributed by atoms with E-state index in [9.17, 15) is 4.79 Å². The number of anilines is 1. The van der Waals surface area contributed by atoms with Gasteiger partial charge in [-0.05, 0) is 43.0 Å². The molecule has 2 aromatic rings. The lowest BCUT2D eigenvalue weighted by molar-refractivity contribution is -0.115. The van der Waals surface area contributed by atoms with Crippen molar-refractivity contribution >= 4 is 11.6 Å². The minimum absolute atomic E-state index is 0.0273. The van der Waals surface area contributed by atoms with Crippen molar-refractivity contribution in [1.29, 1.82) is 0 Å². The van der Waals surface area contributed by atoms with Crippen molar-refractivity contribution in [2.75, 3.05) is 5.32 Å². The van der Waals surface area contributed by atoms with Crippen LogP contribution in [0.4, 0.5) is 5.69 Å². The molecule has 1 amide bonds. The van der Waals surface area contributed by atoms with Crippen molar-refractivity contribution in [2.24, 2.45) is 0 Å². The van der Waals surface area contributed by atoms with Crippen molar-refractivity contribution in [1.82, 2.24) is 0 Å². The molecule has 4 nitrogen and oxygen atoms in total. The van der Waals surface area contributed by atoms with Gasteiger partial charge in [-0.1, -0.05) is 30.7 Å². The van der Waals surface area contributed by atoms with Crippen LogP contribution >= 0.6 is 0 Å². The highest BCUT2D eigenvalue weighted by atomic mass is 16.7. The summed E-state index contributed by atoms with van der Waals surface area (Å²) in [6, 6.07) is 13.6. The van der Waals surface area contributed by atoms with E-state index in [0.717, 1.165) is 54.0 Å². The molecule has 0 radical (unpaired) electrons. The van der Waals surface area contributed by atoms with Gasteiger partial charge < -0.3 is 14.8 Å². The van der Waals surface area contributed by atoms with Crippen LogP contribution in [0.1, 0.15) is 43.2 Å². The van der Waals surface area contributed by atoms with Gasteiger partial charge in [0.2, 0.25) is 5.91 Å². The summed E-state index contributed by atoms with van der Waals surface area (Å²) in [4.78, 5) is 12.3. The predicted molar refractivity (Wildman–Crippen MR) is 97.0 cm³/mol. The summed E-state index contributed by atoms with van der Waals surface area (Å²) in [5.74, 6) is 1.000. The van der Waals surface area contributed by atoms with Gasteiger partial charge in [0.05, 0.1) is 6.42 Å². The Labute approximate surface area is 148 Å². The molecule has 0 bridgehead atoms. The highest BCUT2D eigenvalue weighted by Crippen LogP contribution is 2.46. The SMILES string of the molecule is Cc1ccccc1CC(=O)Nc1ccc2c(c1)OC1(CCCCC1)O2. The fourth-order valence-electron chi connectivity index (χ4n) is 3.65. The predicted octanol–water partition coefficient (Wildman–Crippen LogP) is 4.61. The fraction of sp³-hybridized carbons (Fsp3) is 0.381. The Morgan fingerprint density at radius 2 is 1.80 bits per heavy atom. The molecule has 1 spiro atoms. The summed E-state index contributed by atoms with van der Waals surface area (Å²) in [6.07, 6.45) is 5.73. The van der Waals surface area contributed by atoms with Gasteiger partial charge in [-0.2, -0.15) is 0 Å². The van der Waals surface area contributed by atoms with Crippen LogP contribution < -0.4 is 14.8 Å². The van der Waals surface area contributed by atoms with E-state index in [1.807, 2.05) is 49.4 Å². The number of carbonyl (C=O) groups is 1. The van der Waals surface area contributed by atoms with Crippen LogP contribution in [0, 0.1) is 6.92 Å². The largest absolute Gasteiger partial charge is 0.448 e. The number of fused-ring (bicyclic) bond motifs is 1. The van der Waals surface area contributed by atoms with Gasteiger partial charge in [0, 0.05) is 24.6 Å². The Balaban J connectivity index is 1.44. The highest BCUT2D eigenvalue weighted by Gasteiger charge is 2.42. The molecule has 130 valence electrons. The minimum Gasteiger partial charge on any atom is -0.448 e. The van der Waals surface area contributed by atoms with E-state index < -0.39 is 5.79 Å². The maximum Gasteiger partial charge on any atom is 0.251 e. The Hall–Kier alpha value is -2.49. The van der Waals surface area contributed by atoms with Crippen LogP contribution in [0.2, 0.25) is 0 Å². The van der Waals surface area contributed by atoms with E-state index in [2.05, 4.69) is 5.32 Å². The molecule has 1 heterocycles. The van der Waals surface area contributed by atoms with Gasteiger partial charge in [-0.15, -0.1) is 0 Å². The van der Waals surface area contributed by atoms with Crippen LogP contribution in [0.25, 0.3) is 0 Å². The molecule has 2 aromatic carbocycles. The molecule has 4 heteroatoms. The third-order valence-corrected chi connectivity index (χ3v) is 5.05. The lowest BCUT2D eigenvalue weighted by Crippen LogP contribution is -2.40. The topological polar surface area (TPSA) is 47.6 Å². The van der Waals surface area contributed by atoms with Crippen molar-refractivity contribution in [3.05, 3.63) is 53.6 Å². The van der Waals surface area contributed by atoms with Crippen molar-refractivity contribution in [2.45, 2.75) is 51.2 Å². The van der Waals surface area contributed by atoms with Gasteiger partial charge >= 0.3 is 0 Å². The van der Waals surface area contributed by atoms with E-state index in [4.69, 9.17) is 9.47 Å². The van der Waals surface area contributed by atoms with Gasteiger partial charge in [0.1, 0.15) is 0 Å². The van der Waals surface area contributed by atoms with Gasteiger partial charge in [-0.3, -0.25) is 4.79 Å². The lowest BCUT2D eigenvalue weighted by Gasteiger charge is -2.31. The summed E-state index contributed by atoms with van der Waals surface area (Å²) >= 11 is 0. The number of hydrogen-bond acceptors (Lipinski definition) is 3. The zero-order valence-electron chi connectivity index (χ0n) is 14.5. The van der Waals surface area contributed by atoms with Crippen molar-refractivity contribution in [3.8, 4) is 11.5 Å². The molecule has 1 N–H and O–H groups in total. The summed E-state index contributed by atoms with van der Waals surface area (Å²) in [6.45, 7) is 2.02. The molecule has 0 aromatic heterocycles. The zero-order valence-corrected chi connectivity index (χ0v) is 14.5. The standard InChI is InChI=1S/C21H23NO3/c1-15-7-3-4-8-16(15)13-20(23)22-17-9-10-18-19(14-17)25-21(24-18)11-5-2-6-12-21/h3-4,7-10,14H,2,5-6,11-13H2,1H3,(H,22,23). The number of carbonyl (C=O) groups excluding carboxylic acids is 1. The van der Waals surface area contributed by atoms with Crippen LogP contribution in [-0.2, 0) is 11.2 Å². The second-order valence-electron chi connectivity index (χ2n) is 6.99. The molecule has 0 saturated heterocycles. The van der Waals surface area contributed by atoms with E-state index in [1.165, 1.54) is 6.42 Å². The number of ether oxygens (including phenoxy) is 2. The first kappa shape index (κ1) is 16.0. The number of rotatable bonds is 3. The second-order valence-corrected chi connectivity index (χ2v) is 6.99. The summed E-state index contributed by atoms with van der Waals surface area (Å²) in [5, 5.41) is 2.96. The Morgan fingerprint density at radius 3 is 2.60 bits per heavy atom. The monoisotopic (exact) mass is 337 g/mol. The zero-order chi connectivity index (χ0) is 17.3. The van der Waals surface area contributed by atoms with E-state index in [0.29, 0.717) is 6.42 Å². The maximum absolute atomic E-state index is 12.3. The number of benzene rings is 2. The number of aryl methyl sites for hydroxylation is 1. The summed E-state index contributed by atoms with van der Waals surface area (Å²) in [5.41, 5.74) is 2.92. The normalized spacial score (nSPS) is 17.5. The Morgan fingerprint density at radius 1 is 1.04 bits per heavy atom. The first-order chi connectivity index (χ1) is 12.1. The molecular formula is C21H23NO3. The van der Waals surface area contributed by atoms with E-state index in [1.54, 1.807) is 0 Å². The van der Waals surface area contributed by atoms with E-state index >= 15 is 0 Å². The highest BCUT2D eigenvalue weighted by molar-refractivity contribution is 5.92. The number of nitrogens with one attached hydrogen (secondary N) is 1. The average molecular weight is 337 g/mol. The molecule has 2 aliphatic rings. The van der Waals surface area contributed by atoms with E-state index in [-0.39, 0.29) is 5.91 Å². The quantitative estimate of drug-likeness (QED) is 0.890. The summed E-state index contributed by atoms with van der Waals surface area (Å²) in [7, 11) is 0. The van der Waals surface area contributed by atoms with Crippen LogP contribution in [0.3, 0.4) is 0 Å². The fourth-order valence-corrected chi connectivity index (χ4v) is 3.65. The molecule has 1 aliphatic heterocycles. The third kappa shape index (κ3) is 3.34. The third-order valence-electron chi connectivity index (χ3n) is 5.05. The van der Waals surface area contributed by atoms with Crippen molar-refractivity contribution < 1.29 is 14.3 Å². The molecule has 4 rings (SSSR count). The Kier molecular flexibility index (Phi) is 4.12. The van der Waals surface area contributed by atoms with Gasteiger partial charge in [-0.25, -0.2) is 0 Å². The van der Waals surface area contributed by atoms with Gasteiger partial charge in [0.25, 0.3) is 5.79 Å². The molecule has 25 heavy (non-hydrogen) atoms. The first-order valence-electron chi connectivity index (χ1n) is 9.00. The van der Waals surface area contributed by atoms with Crippen molar-refractivity contribution in [3.63, 3.8) is 0 Å². The average Bonchev–Trinajstić information content (AvgIpc) is 2.94. The number of hydrogen-bond donors (Lipinski definition) is 1. The first-order valence-corrected chi connectivity index (χ1v) is 9.00. The molecular weight excluding hydrogens is 314 g/mol. The lowest BCUT2D eigenvalue weighted by atomic mass is 9.94. The van der Waals surface area contributed by atoms with Crippen LogP contribution in [0.15, 0.2) is 42.5 Å². The molecule has 0 unspecified atom stereocenters. The van der Waals surface area contributed by atoms with Crippen LogP contribution in [0.5, 0.6) is 11.5 Å². The number of amides is 1. The molecule has 1 aliphatic carbocycles. The maximum atomic E-state index is 12.3. The minimum atomic E-state index is -0.482. The second kappa shape index (κ2) is 6.43. The van der Waals surface area contributed by atoms with Gasteiger partial charge in [0.15, 0.2) is 11.5 Å². The summed E-state index contributed by atoms with van der Waals surface area (Å²) < 4.78 is 12.2.